The summed E-state index contributed by atoms with van der Waals surface area (Å²) in [6, 6.07) is -1.00. The van der Waals surface area contributed by atoms with Gasteiger partial charge in [0.25, 0.3) is 0 Å². The summed E-state index contributed by atoms with van der Waals surface area (Å²) in [7, 11) is 0. The zero-order chi connectivity index (χ0) is 19.4. The van der Waals surface area contributed by atoms with Crippen LogP contribution in [0.4, 0.5) is 0 Å². The van der Waals surface area contributed by atoms with Gasteiger partial charge in [0.1, 0.15) is 29.9 Å². The van der Waals surface area contributed by atoms with Gasteiger partial charge in [0.15, 0.2) is 0 Å². The largest absolute Gasteiger partial charge is 0.388 e. The summed E-state index contributed by atoms with van der Waals surface area (Å²) < 4.78 is 5.77. The lowest BCUT2D eigenvalue weighted by Crippen LogP contribution is -2.65. The second-order valence-electron chi connectivity index (χ2n) is 7.19. The van der Waals surface area contributed by atoms with E-state index in [4.69, 9.17) is 16.3 Å². The molecule has 0 unspecified atom stereocenters. The van der Waals surface area contributed by atoms with Crippen LogP contribution in [-0.2, 0) is 9.53 Å². The van der Waals surface area contributed by atoms with Crippen molar-refractivity contribution in [2.75, 3.05) is 12.8 Å². The number of rotatable bonds is 6. The minimum atomic E-state index is -1.36. The number of carbonyl (C=O) groups is 1. The summed E-state index contributed by atoms with van der Waals surface area (Å²) in [5.74, 6) is 0.325. The van der Waals surface area contributed by atoms with E-state index < -0.39 is 41.3 Å². The molecule has 9 atom stereocenters. The van der Waals surface area contributed by atoms with Crippen molar-refractivity contribution in [3.63, 3.8) is 0 Å². The van der Waals surface area contributed by atoms with Gasteiger partial charge in [0, 0.05) is 0 Å². The molecule has 0 aromatic rings. The SMILES string of the molecule is CC[C@@H]1CCN[C@H](C(=O)N[C@H]([C@H]2O[C@H](SC)[C@H](O)[C@@H](O)[C@H]2O)[C@H](C)Cl)C1. The van der Waals surface area contributed by atoms with Gasteiger partial charge in [-0.05, 0) is 38.5 Å². The summed E-state index contributed by atoms with van der Waals surface area (Å²) in [5, 5.41) is 36.1. The van der Waals surface area contributed by atoms with Gasteiger partial charge in [-0.15, -0.1) is 23.4 Å². The number of alkyl halides is 1. The lowest BCUT2D eigenvalue weighted by atomic mass is 9.89. The average molecular weight is 411 g/mol. The third-order valence-electron chi connectivity index (χ3n) is 5.40. The molecule has 26 heavy (non-hydrogen) atoms. The Morgan fingerprint density at radius 3 is 2.62 bits per heavy atom. The summed E-state index contributed by atoms with van der Waals surface area (Å²) in [4.78, 5) is 12.7. The van der Waals surface area contributed by atoms with Crippen molar-refractivity contribution in [2.24, 2.45) is 5.92 Å². The quantitative estimate of drug-likeness (QED) is 0.393. The maximum absolute atomic E-state index is 12.7. The van der Waals surface area contributed by atoms with Crippen LogP contribution >= 0.6 is 23.4 Å². The highest BCUT2D eigenvalue weighted by Crippen LogP contribution is 2.30. The van der Waals surface area contributed by atoms with Crippen LogP contribution in [0, 0.1) is 5.92 Å². The average Bonchev–Trinajstić information content (AvgIpc) is 2.64. The van der Waals surface area contributed by atoms with Crippen molar-refractivity contribution in [3.8, 4) is 0 Å². The van der Waals surface area contributed by atoms with E-state index in [-0.39, 0.29) is 11.9 Å². The van der Waals surface area contributed by atoms with E-state index in [1.807, 2.05) is 0 Å². The molecule has 1 amide bonds. The number of amides is 1. The van der Waals surface area contributed by atoms with Gasteiger partial charge in [-0.3, -0.25) is 4.79 Å². The van der Waals surface area contributed by atoms with Crippen LogP contribution in [-0.4, -0.2) is 81.3 Å². The second-order valence-corrected chi connectivity index (χ2v) is 8.82. The first-order valence-corrected chi connectivity index (χ1v) is 10.9. The Morgan fingerprint density at radius 2 is 2.04 bits per heavy atom. The molecule has 2 aliphatic rings. The number of hydrogen-bond donors (Lipinski definition) is 5. The molecule has 2 saturated heterocycles. The molecule has 5 N–H and O–H groups in total. The standard InChI is InChI=1S/C17H31ClN2O5S/c1-4-9-5-6-19-10(7-9)16(24)20-11(8(2)18)15-13(22)12(21)14(23)17(25-15)26-3/h8-15,17,19,21-23H,4-7H2,1-3H3,(H,20,24)/t8-,9+,10-,11-,12-,13+,14+,15+,17+/m0/s1. The fourth-order valence-corrected chi connectivity index (χ4v) is 4.54. The molecule has 152 valence electrons. The van der Waals surface area contributed by atoms with E-state index in [9.17, 15) is 20.1 Å². The fourth-order valence-electron chi connectivity index (χ4n) is 3.66. The zero-order valence-electron chi connectivity index (χ0n) is 15.5. The Bertz CT molecular complexity index is 470. The van der Waals surface area contributed by atoms with Gasteiger partial charge in [0.2, 0.25) is 5.91 Å². The van der Waals surface area contributed by atoms with Crippen LogP contribution < -0.4 is 10.6 Å². The minimum Gasteiger partial charge on any atom is -0.388 e. The number of aliphatic hydroxyl groups excluding tert-OH is 3. The van der Waals surface area contributed by atoms with E-state index in [0.29, 0.717) is 5.92 Å². The van der Waals surface area contributed by atoms with E-state index >= 15 is 0 Å². The zero-order valence-corrected chi connectivity index (χ0v) is 17.0. The number of hydrogen-bond acceptors (Lipinski definition) is 7. The highest BCUT2D eigenvalue weighted by atomic mass is 35.5. The molecule has 0 aromatic carbocycles. The number of aliphatic hydroxyl groups is 3. The molecule has 2 fully saturated rings. The first-order chi connectivity index (χ1) is 12.3. The Hall–Kier alpha value is -0.0900. The molecule has 2 aliphatic heterocycles. The normalized spacial score (nSPS) is 40.7. The molecule has 9 heteroatoms. The summed E-state index contributed by atoms with van der Waals surface area (Å²) in [5.41, 5.74) is -0.703. The molecule has 0 bridgehead atoms. The Labute approximate surface area is 164 Å². The first kappa shape index (κ1) is 22.2. The van der Waals surface area contributed by atoms with Crippen molar-refractivity contribution in [3.05, 3.63) is 0 Å². The summed E-state index contributed by atoms with van der Waals surface area (Å²) >= 11 is 7.51. The van der Waals surface area contributed by atoms with Crippen LogP contribution in [0.1, 0.15) is 33.1 Å². The topological polar surface area (TPSA) is 111 Å². The van der Waals surface area contributed by atoms with Crippen molar-refractivity contribution in [2.45, 2.75) is 80.4 Å². The maximum Gasteiger partial charge on any atom is 0.237 e. The van der Waals surface area contributed by atoms with Gasteiger partial charge in [-0.25, -0.2) is 0 Å². The number of thioether (sulfide) groups is 1. The van der Waals surface area contributed by atoms with Crippen LogP contribution in [0.25, 0.3) is 0 Å². The molecule has 0 radical (unpaired) electrons. The fraction of sp³-hybridized carbons (Fsp3) is 0.941. The van der Waals surface area contributed by atoms with Crippen LogP contribution in [0.2, 0.25) is 0 Å². The molecule has 0 aromatic heterocycles. The van der Waals surface area contributed by atoms with Crippen molar-refractivity contribution >= 4 is 29.3 Å². The molecule has 0 saturated carbocycles. The summed E-state index contributed by atoms with van der Waals surface area (Å²) in [6.07, 6.45) is -0.236. The molecule has 2 heterocycles. The predicted octanol–water partition coefficient (Wildman–Crippen LogP) is 0.0473. The molecular weight excluding hydrogens is 380 g/mol. The third kappa shape index (κ3) is 5.04. The van der Waals surface area contributed by atoms with Crippen LogP contribution in [0.5, 0.6) is 0 Å². The highest BCUT2D eigenvalue weighted by molar-refractivity contribution is 7.99. The Balaban J connectivity index is 2.09. The van der Waals surface area contributed by atoms with Crippen molar-refractivity contribution in [1.29, 1.82) is 0 Å². The number of piperidine rings is 1. The van der Waals surface area contributed by atoms with Gasteiger partial charge in [0.05, 0.1) is 17.5 Å². The minimum absolute atomic E-state index is 0.183. The molecule has 0 spiro atoms. The third-order valence-corrected chi connectivity index (χ3v) is 6.53. The number of halogens is 1. The Kier molecular flexibility index (Phi) is 8.46. The first-order valence-electron chi connectivity index (χ1n) is 9.20. The van der Waals surface area contributed by atoms with Crippen LogP contribution in [0.15, 0.2) is 0 Å². The maximum atomic E-state index is 12.7. The number of ether oxygens (including phenoxy) is 1. The van der Waals surface area contributed by atoms with E-state index in [1.54, 1.807) is 13.2 Å². The number of carbonyl (C=O) groups excluding carboxylic acids is 1. The highest BCUT2D eigenvalue weighted by Gasteiger charge is 2.48. The lowest BCUT2D eigenvalue weighted by molar-refractivity contribution is -0.205. The lowest BCUT2D eigenvalue weighted by Gasteiger charge is -2.44. The van der Waals surface area contributed by atoms with Gasteiger partial charge >= 0.3 is 0 Å². The van der Waals surface area contributed by atoms with Crippen molar-refractivity contribution in [1.82, 2.24) is 10.6 Å². The second kappa shape index (κ2) is 9.91. The van der Waals surface area contributed by atoms with E-state index in [1.165, 1.54) is 11.8 Å². The van der Waals surface area contributed by atoms with Crippen LogP contribution in [0.3, 0.4) is 0 Å². The molecule has 7 nitrogen and oxygen atoms in total. The molecular formula is C17H31ClN2O5S. The van der Waals surface area contributed by atoms with E-state index in [0.717, 1.165) is 25.8 Å². The molecule has 2 rings (SSSR count). The van der Waals surface area contributed by atoms with Gasteiger partial charge < -0.3 is 30.7 Å². The monoisotopic (exact) mass is 410 g/mol. The number of nitrogens with one attached hydrogen (secondary N) is 2. The Morgan fingerprint density at radius 1 is 1.35 bits per heavy atom. The predicted molar refractivity (Wildman–Crippen MR) is 102 cm³/mol. The van der Waals surface area contributed by atoms with E-state index in [2.05, 4.69) is 17.6 Å². The smallest absolute Gasteiger partial charge is 0.237 e. The van der Waals surface area contributed by atoms with Crippen molar-refractivity contribution < 1.29 is 24.9 Å². The van der Waals surface area contributed by atoms with Gasteiger partial charge in [-0.1, -0.05) is 13.3 Å². The van der Waals surface area contributed by atoms with Gasteiger partial charge in [-0.2, -0.15) is 0 Å². The summed E-state index contributed by atoms with van der Waals surface area (Å²) in [6.45, 7) is 4.62. The molecule has 0 aliphatic carbocycles.